The molecular formula is C24H19Cl2NO6. The number of methoxy groups -OCH3 is 2. The molecule has 0 spiro atoms. The number of aliphatic hydroxyl groups excluding tert-OH is 1. The first-order valence-electron chi connectivity index (χ1n) is 9.81. The minimum absolute atomic E-state index is 0.126. The van der Waals surface area contributed by atoms with Gasteiger partial charge in [0.25, 0.3) is 11.7 Å². The Morgan fingerprint density at radius 3 is 2.39 bits per heavy atom. The summed E-state index contributed by atoms with van der Waals surface area (Å²) in [4.78, 5) is 27.7. The van der Waals surface area contributed by atoms with Gasteiger partial charge >= 0.3 is 0 Å². The van der Waals surface area contributed by atoms with Gasteiger partial charge in [-0.3, -0.25) is 14.5 Å². The topological polar surface area (TPSA) is 89.2 Å². The Morgan fingerprint density at radius 2 is 1.76 bits per heavy atom. The SMILES string of the molecule is COc1cc(OC)c(/C(O)=C2/C(=O)C(=O)N(c3cccc(Cl)c3C)C2c2ccco2)cc1Cl. The highest BCUT2D eigenvalue weighted by Crippen LogP contribution is 2.46. The van der Waals surface area contributed by atoms with Gasteiger partial charge in [0.1, 0.15) is 29.1 Å². The van der Waals surface area contributed by atoms with E-state index in [9.17, 15) is 14.7 Å². The first-order chi connectivity index (χ1) is 15.8. The third kappa shape index (κ3) is 3.73. The predicted molar refractivity (Wildman–Crippen MR) is 124 cm³/mol. The molecule has 1 atom stereocenters. The van der Waals surface area contributed by atoms with Crippen LogP contribution >= 0.6 is 23.2 Å². The molecule has 0 bridgehead atoms. The highest BCUT2D eigenvalue weighted by molar-refractivity contribution is 6.52. The Bertz CT molecular complexity index is 1280. The van der Waals surface area contributed by atoms with Gasteiger partial charge in [-0.2, -0.15) is 0 Å². The van der Waals surface area contributed by atoms with Gasteiger partial charge in [0.05, 0.1) is 36.6 Å². The molecule has 2 aromatic carbocycles. The van der Waals surface area contributed by atoms with Crippen molar-refractivity contribution in [1.29, 1.82) is 0 Å². The maximum absolute atomic E-state index is 13.2. The lowest BCUT2D eigenvalue weighted by molar-refractivity contribution is -0.132. The number of hydrogen-bond acceptors (Lipinski definition) is 6. The highest BCUT2D eigenvalue weighted by Gasteiger charge is 2.49. The molecule has 0 saturated carbocycles. The molecule has 1 unspecified atom stereocenters. The Balaban J connectivity index is 1.99. The average molecular weight is 488 g/mol. The van der Waals surface area contributed by atoms with E-state index in [0.29, 0.717) is 22.0 Å². The molecule has 1 aliphatic rings. The molecular weight excluding hydrogens is 469 g/mol. The Kier molecular flexibility index (Phi) is 6.10. The van der Waals surface area contributed by atoms with Gasteiger partial charge in [0.2, 0.25) is 0 Å². The molecule has 9 heteroatoms. The van der Waals surface area contributed by atoms with Gasteiger partial charge in [0.15, 0.2) is 0 Å². The number of amides is 1. The van der Waals surface area contributed by atoms with Crippen molar-refractivity contribution in [2.75, 3.05) is 19.1 Å². The quantitative estimate of drug-likeness (QED) is 0.288. The van der Waals surface area contributed by atoms with Crippen molar-refractivity contribution in [3.8, 4) is 11.5 Å². The molecule has 1 amide bonds. The molecule has 7 nitrogen and oxygen atoms in total. The van der Waals surface area contributed by atoms with Crippen molar-refractivity contribution in [3.63, 3.8) is 0 Å². The Morgan fingerprint density at radius 1 is 1.03 bits per heavy atom. The van der Waals surface area contributed by atoms with Crippen LogP contribution in [-0.2, 0) is 9.59 Å². The minimum Gasteiger partial charge on any atom is -0.507 e. The van der Waals surface area contributed by atoms with Gasteiger partial charge in [-0.1, -0.05) is 29.3 Å². The fourth-order valence-corrected chi connectivity index (χ4v) is 4.25. The lowest BCUT2D eigenvalue weighted by Crippen LogP contribution is -2.30. The smallest absolute Gasteiger partial charge is 0.300 e. The van der Waals surface area contributed by atoms with Crippen LogP contribution in [0, 0.1) is 6.92 Å². The second-order valence-electron chi connectivity index (χ2n) is 7.26. The maximum Gasteiger partial charge on any atom is 0.300 e. The van der Waals surface area contributed by atoms with Crippen LogP contribution in [0.25, 0.3) is 5.76 Å². The number of Topliss-reactive ketones (excluding diaryl/α,β-unsaturated/α-hetero) is 1. The highest BCUT2D eigenvalue weighted by atomic mass is 35.5. The van der Waals surface area contributed by atoms with Crippen LogP contribution in [0.3, 0.4) is 0 Å². The maximum atomic E-state index is 13.2. The lowest BCUT2D eigenvalue weighted by Gasteiger charge is -2.25. The van der Waals surface area contributed by atoms with Crippen LogP contribution < -0.4 is 14.4 Å². The van der Waals surface area contributed by atoms with Crippen molar-refractivity contribution < 1.29 is 28.6 Å². The molecule has 33 heavy (non-hydrogen) atoms. The number of rotatable bonds is 5. The number of furan rings is 1. The van der Waals surface area contributed by atoms with E-state index >= 15 is 0 Å². The second kappa shape index (κ2) is 8.84. The summed E-state index contributed by atoms with van der Waals surface area (Å²) in [6.07, 6.45) is 1.42. The Hall–Kier alpha value is -3.42. The molecule has 1 saturated heterocycles. The van der Waals surface area contributed by atoms with Crippen LogP contribution in [0.1, 0.15) is 22.9 Å². The van der Waals surface area contributed by atoms with E-state index in [1.807, 2.05) is 0 Å². The molecule has 2 heterocycles. The molecule has 170 valence electrons. The van der Waals surface area contributed by atoms with Crippen LogP contribution in [0.15, 0.2) is 58.7 Å². The van der Waals surface area contributed by atoms with Crippen molar-refractivity contribution in [3.05, 3.63) is 81.2 Å². The normalized spacial score (nSPS) is 17.5. The van der Waals surface area contributed by atoms with Gasteiger partial charge in [-0.15, -0.1) is 0 Å². The van der Waals surface area contributed by atoms with Crippen LogP contribution in [0.2, 0.25) is 10.0 Å². The Labute approximate surface area is 199 Å². The standard InChI is InChI=1S/C24H19Cl2NO6/c1-12-14(25)6-4-7-16(12)27-21(17-8-5-9-33-17)20(23(29)24(27)30)22(28)13-10-15(26)19(32-3)11-18(13)31-2/h4-11,21,28H,1-3H3/b22-20-. The number of aliphatic hydroxyl groups is 1. The largest absolute Gasteiger partial charge is 0.507 e. The fourth-order valence-electron chi connectivity index (χ4n) is 3.84. The summed E-state index contributed by atoms with van der Waals surface area (Å²) in [5.41, 5.74) is 0.974. The summed E-state index contributed by atoms with van der Waals surface area (Å²) in [5.74, 6) is -1.36. The second-order valence-corrected chi connectivity index (χ2v) is 8.07. The number of carbonyl (C=O) groups excluding carboxylic acids is 2. The van der Waals surface area contributed by atoms with Crippen LogP contribution in [-0.4, -0.2) is 31.0 Å². The minimum atomic E-state index is -1.04. The zero-order valence-electron chi connectivity index (χ0n) is 17.9. The summed E-state index contributed by atoms with van der Waals surface area (Å²) in [7, 11) is 2.84. The monoisotopic (exact) mass is 487 g/mol. The number of nitrogens with zero attached hydrogens (tertiary/aromatic N) is 1. The molecule has 0 radical (unpaired) electrons. The van der Waals surface area contributed by atoms with E-state index in [0.717, 1.165) is 0 Å². The van der Waals surface area contributed by atoms with Crippen molar-refractivity contribution in [2.24, 2.45) is 0 Å². The zero-order chi connectivity index (χ0) is 23.9. The van der Waals surface area contributed by atoms with Crippen molar-refractivity contribution >= 4 is 46.3 Å². The number of carbonyl (C=O) groups is 2. The number of benzene rings is 2. The molecule has 1 aromatic heterocycles. The summed E-state index contributed by atoms with van der Waals surface area (Å²) < 4.78 is 16.1. The van der Waals surface area contributed by atoms with E-state index in [1.54, 1.807) is 37.3 Å². The van der Waals surface area contributed by atoms with E-state index in [1.165, 1.54) is 37.5 Å². The number of anilines is 1. The average Bonchev–Trinajstić information content (AvgIpc) is 3.42. The molecule has 1 fully saturated rings. The first kappa shape index (κ1) is 22.8. The van der Waals surface area contributed by atoms with E-state index in [4.69, 9.17) is 37.1 Å². The van der Waals surface area contributed by atoms with E-state index < -0.39 is 23.5 Å². The summed E-state index contributed by atoms with van der Waals surface area (Å²) in [6.45, 7) is 1.74. The lowest BCUT2D eigenvalue weighted by atomic mass is 9.98. The van der Waals surface area contributed by atoms with Gasteiger partial charge in [-0.05, 0) is 42.8 Å². The third-order valence-corrected chi connectivity index (χ3v) is 6.19. The number of ketones is 1. The zero-order valence-corrected chi connectivity index (χ0v) is 19.4. The molecule has 4 rings (SSSR count). The van der Waals surface area contributed by atoms with Gasteiger partial charge < -0.3 is 19.0 Å². The van der Waals surface area contributed by atoms with Crippen LogP contribution in [0.5, 0.6) is 11.5 Å². The number of ether oxygens (including phenoxy) is 2. The number of halogens is 2. The van der Waals surface area contributed by atoms with E-state index in [2.05, 4.69) is 0 Å². The molecule has 0 aliphatic carbocycles. The van der Waals surface area contributed by atoms with Gasteiger partial charge in [-0.25, -0.2) is 0 Å². The summed E-state index contributed by atoms with van der Waals surface area (Å²) >= 11 is 12.5. The summed E-state index contributed by atoms with van der Waals surface area (Å²) in [5, 5.41) is 11.9. The number of hydrogen-bond donors (Lipinski definition) is 1. The molecule has 3 aromatic rings. The van der Waals surface area contributed by atoms with Crippen molar-refractivity contribution in [1.82, 2.24) is 0 Å². The fraction of sp³-hybridized carbons (Fsp3) is 0.167. The molecule has 1 N–H and O–H groups in total. The first-order valence-corrected chi connectivity index (χ1v) is 10.6. The van der Waals surface area contributed by atoms with Crippen LogP contribution in [0.4, 0.5) is 5.69 Å². The van der Waals surface area contributed by atoms with Crippen molar-refractivity contribution in [2.45, 2.75) is 13.0 Å². The van der Waals surface area contributed by atoms with Gasteiger partial charge in [0, 0.05) is 16.8 Å². The summed E-state index contributed by atoms with van der Waals surface area (Å²) in [6, 6.07) is 10.1. The predicted octanol–water partition coefficient (Wildman–Crippen LogP) is 5.54. The molecule has 1 aliphatic heterocycles. The third-order valence-electron chi connectivity index (χ3n) is 5.48. The van der Waals surface area contributed by atoms with E-state index in [-0.39, 0.29) is 27.7 Å².